The normalized spacial score (nSPS) is 23.2. The Morgan fingerprint density at radius 3 is 2.78 bits per heavy atom. The first kappa shape index (κ1) is 11.3. The van der Waals surface area contributed by atoms with Gasteiger partial charge >= 0.3 is 6.03 Å². The van der Waals surface area contributed by atoms with E-state index in [1.165, 1.54) is 0 Å². The van der Waals surface area contributed by atoms with Crippen molar-refractivity contribution in [3.8, 4) is 5.75 Å². The summed E-state index contributed by atoms with van der Waals surface area (Å²) < 4.78 is 5.13. The van der Waals surface area contributed by atoms with Crippen LogP contribution in [0.4, 0.5) is 10.5 Å². The third-order valence-corrected chi connectivity index (χ3v) is 3.60. The fraction of sp³-hybridized carbons (Fsp3) is 0.462. The summed E-state index contributed by atoms with van der Waals surface area (Å²) in [4.78, 5) is 16.1. The van der Waals surface area contributed by atoms with Gasteiger partial charge in [0.15, 0.2) is 0 Å². The van der Waals surface area contributed by atoms with Gasteiger partial charge in [0.05, 0.1) is 13.2 Å². The largest absolute Gasteiger partial charge is 0.497 e. The van der Waals surface area contributed by atoms with Gasteiger partial charge in [-0.05, 0) is 24.3 Å². The van der Waals surface area contributed by atoms with Crippen LogP contribution >= 0.6 is 0 Å². The van der Waals surface area contributed by atoms with Crippen LogP contribution in [0.3, 0.4) is 0 Å². The molecule has 2 fully saturated rings. The number of ether oxygens (including phenoxy) is 1. The highest BCUT2D eigenvalue weighted by Crippen LogP contribution is 2.26. The second-order valence-electron chi connectivity index (χ2n) is 4.64. The van der Waals surface area contributed by atoms with Crippen molar-refractivity contribution in [2.75, 3.05) is 38.2 Å². The Bertz CT molecular complexity index is 446. The molecule has 5 nitrogen and oxygen atoms in total. The number of hydrogen-bond acceptors (Lipinski definition) is 3. The minimum absolute atomic E-state index is 0.117. The van der Waals surface area contributed by atoms with Crippen molar-refractivity contribution in [3.63, 3.8) is 0 Å². The highest BCUT2D eigenvalue weighted by atomic mass is 16.5. The number of carbonyl (C=O) groups is 1. The maximum Gasteiger partial charge on any atom is 0.324 e. The van der Waals surface area contributed by atoms with E-state index < -0.39 is 0 Å². The van der Waals surface area contributed by atoms with Crippen LogP contribution in [0, 0.1) is 0 Å². The number of amides is 2. The van der Waals surface area contributed by atoms with Crippen molar-refractivity contribution in [3.05, 3.63) is 24.3 Å². The number of hydrogen-bond donors (Lipinski definition) is 1. The van der Waals surface area contributed by atoms with Gasteiger partial charge in [0.1, 0.15) is 5.75 Å². The second-order valence-corrected chi connectivity index (χ2v) is 4.64. The van der Waals surface area contributed by atoms with Crippen LogP contribution in [0.1, 0.15) is 0 Å². The molecule has 2 saturated heterocycles. The van der Waals surface area contributed by atoms with Gasteiger partial charge in [-0.3, -0.25) is 4.90 Å². The van der Waals surface area contributed by atoms with Crippen LogP contribution in [0.15, 0.2) is 24.3 Å². The zero-order valence-electron chi connectivity index (χ0n) is 10.4. The summed E-state index contributed by atoms with van der Waals surface area (Å²) >= 11 is 0. The quantitative estimate of drug-likeness (QED) is 0.845. The average Bonchev–Trinajstić information content (AvgIpc) is 2.77. The van der Waals surface area contributed by atoms with E-state index >= 15 is 0 Å². The molecule has 2 aliphatic heterocycles. The predicted octanol–water partition coefficient (Wildman–Crippen LogP) is 0.909. The van der Waals surface area contributed by atoms with Gasteiger partial charge < -0.3 is 15.0 Å². The molecule has 0 aliphatic carbocycles. The Labute approximate surface area is 106 Å². The Morgan fingerprint density at radius 1 is 1.33 bits per heavy atom. The third kappa shape index (κ3) is 1.80. The number of nitrogens with one attached hydrogen (secondary N) is 1. The van der Waals surface area contributed by atoms with Crippen molar-refractivity contribution in [2.45, 2.75) is 6.04 Å². The molecule has 1 N–H and O–H groups in total. The Balaban J connectivity index is 1.81. The number of rotatable bonds is 2. The Morgan fingerprint density at radius 2 is 2.11 bits per heavy atom. The number of nitrogens with zero attached hydrogens (tertiary/aromatic N) is 2. The molecule has 2 heterocycles. The fourth-order valence-corrected chi connectivity index (χ4v) is 2.60. The van der Waals surface area contributed by atoms with Crippen LogP contribution in [0.25, 0.3) is 0 Å². The second kappa shape index (κ2) is 4.49. The number of fused-ring (bicyclic) bond motifs is 1. The summed E-state index contributed by atoms with van der Waals surface area (Å²) in [5.74, 6) is 0.810. The number of benzene rings is 1. The first-order valence-corrected chi connectivity index (χ1v) is 6.22. The summed E-state index contributed by atoms with van der Waals surface area (Å²) in [6.07, 6.45) is 0. The number of anilines is 1. The lowest BCUT2D eigenvalue weighted by Crippen LogP contribution is -2.49. The minimum Gasteiger partial charge on any atom is -0.497 e. The lowest BCUT2D eigenvalue weighted by molar-refractivity contribution is 0.193. The van der Waals surface area contributed by atoms with Gasteiger partial charge in [0.25, 0.3) is 0 Å². The zero-order valence-corrected chi connectivity index (χ0v) is 10.4. The minimum atomic E-state index is 0.117. The molecule has 18 heavy (non-hydrogen) atoms. The smallest absolute Gasteiger partial charge is 0.324 e. The highest BCUT2D eigenvalue weighted by molar-refractivity contribution is 5.94. The lowest BCUT2D eigenvalue weighted by atomic mass is 10.2. The molecule has 2 aliphatic rings. The topological polar surface area (TPSA) is 44.8 Å². The van der Waals surface area contributed by atoms with E-state index in [2.05, 4.69) is 5.32 Å². The number of urea groups is 1. The van der Waals surface area contributed by atoms with Gasteiger partial charge in [-0.25, -0.2) is 4.79 Å². The van der Waals surface area contributed by atoms with Crippen LogP contribution in [-0.2, 0) is 0 Å². The van der Waals surface area contributed by atoms with Crippen LogP contribution in [-0.4, -0.2) is 50.3 Å². The van der Waals surface area contributed by atoms with Crippen molar-refractivity contribution in [1.82, 2.24) is 10.2 Å². The first-order valence-electron chi connectivity index (χ1n) is 6.22. The molecule has 0 aromatic heterocycles. The maximum absolute atomic E-state index is 12.3. The van der Waals surface area contributed by atoms with E-state index in [4.69, 9.17) is 4.74 Å². The van der Waals surface area contributed by atoms with Crippen LogP contribution in [0.2, 0.25) is 0 Å². The van der Waals surface area contributed by atoms with E-state index in [0.29, 0.717) is 6.04 Å². The molecule has 0 bridgehead atoms. The monoisotopic (exact) mass is 247 g/mol. The molecule has 1 unspecified atom stereocenters. The van der Waals surface area contributed by atoms with Crippen molar-refractivity contribution < 1.29 is 9.53 Å². The first-order chi connectivity index (χ1) is 8.79. The van der Waals surface area contributed by atoms with Crippen LogP contribution < -0.4 is 15.0 Å². The molecule has 5 heteroatoms. The van der Waals surface area contributed by atoms with Gasteiger partial charge in [0.2, 0.25) is 0 Å². The summed E-state index contributed by atoms with van der Waals surface area (Å²) in [5, 5.41) is 3.33. The number of methoxy groups -OCH3 is 1. The molecule has 0 radical (unpaired) electrons. The number of carbonyl (C=O) groups excluding carboxylic acids is 1. The fourth-order valence-electron chi connectivity index (χ4n) is 2.60. The molecular weight excluding hydrogens is 230 g/mol. The molecule has 0 saturated carbocycles. The average molecular weight is 247 g/mol. The zero-order chi connectivity index (χ0) is 12.5. The van der Waals surface area contributed by atoms with Crippen molar-refractivity contribution in [2.24, 2.45) is 0 Å². The summed E-state index contributed by atoms with van der Waals surface area (Å²) in [6, 6.07) is 8.06. The molecule has 1 atom stereocenters. The Kier molecular flexibility index (Phi) is 2.83. The summed E-state index contributed by atoms with van der Waals surface area (Å²) in [7, 11) is 1.64. The molecule has 3 rings (SSSR count). The molecule has 0 spiro atoms. The lowest BCUT2D eigenvalue weighted by Gasteiger charge is -2.28. The van der Waals surface area contributed by atoms with Gasteiger partial charge in [0, 0.05) is 31.9 Å². The van der Waals surface area contributed by atoms with Crippen molar-refractivity contribution >= 4 is 11.7 Å². The van der Waals surface area contributed by atoms with Gasteiger partial charge in [-0.15, -0.1) is 0 Å². The van der Waals surface area contributed by atoms with Gasteiger partial charge in [-0.2, -0.15) is 0 Å². The standard InChI is InChI=1S/C13H17N3O2/c1-18-12-4-2-10(3-5-12)16-9-11-8-14-6-7-15(11)13(16)17/h2-5,11,14H,6-9H2,1H3. The SMILES string of the molecule is COc1ccc(N2CC3CNCCN3C2=O)cc1. The molecule has 2 amide bonds. The third-order valence-electron chi connectivity index (χ3n) is 3.60. The van der Waals surface area contributed by atoms with Crippen molar-refractivity contribution in [1.29, 1.82) is 0 Å². The highest BCUT2D eigenvalue weighted by Gasteiger charge is 2.38. The molecular formula is C13H17N3O2. The van der Waals surface area contributed by atoms with Crippen LogP contribution in [0.5, 0.6) is 5.75 Å². The van der Waals surface area contributed by atoms with E-state index in [9.17, 15) is 4.79 Å². The van der Waals surface area contributed by atoms with E-state index in [0.717, 1.165) is 37.6 Å². The molecule has 1 aromatic rings. The maximum atomic E-state index is 12.3. The molecule has 1 aromatic carbocycles. The van der Waals surface area contributed by atoms with E-state index in [-0.39, 0.29) is 6.03 Å². The van der Waals surface area contributed by atoms with Gasteiger partial charge in [-0.1, -0.05) is 0 Å². The predicted molar refractivity (Wildman–Crippen MR) is 69.1 cm³/mol. The van der Waals surface area contributed by atoms with E-state index in [1.807, 2.05) is 34.1 Å². The summed E-state index contributed by atoms with van der Waals surface area (Å²) in [6.45, 7) is 3.34. The van der Waals surface area contributed by atoms with E-state index in [1.54, 1.807) is 7.11 Å². The summed E-state index contributed by atoms with van der Waals surface area (Å²) in [5.41, 5.74) is 0.940. The molecule has 96 valence electrons. The Hall–Kier alpha value is -1.75. The number of piperazine rings is 1.